The summed E-state index contributed by atoms with van der Waals surface area (Å²) in [4.78, 5) is 27.5. The van der Waals surface area contributed by atoms with Gasteiger partial charge in [-0.2, -0.15) is 0 Å². The van der Waals surface area contributed by atoms with Gasteiger partial charge in [0.15, 0.2) is 0 Å². The van der Waals surface area contributed by atoms with Crippen LogP contribution in [0, 0.1) is 5.82 Å². The van der Waals surface area contributed by atoms with Crippen molar-refractivity contribution < 1.29 is 32.2 Å². The van der Waals surface area contributed by atoms with Crippen molar-refractivity contribution >= 4 is 50.8 Å². The number of aliphatic carboxylic acids is 1. The predicted octanol–water partition coefficient (Wildman–Crippen LogP) is 6.39. The van der Waals surface area contributed by atoms with E-state index in [1.165, 1.54) is 23.1 Å². The SMILES string of the molecule is CC[C@H](CN(c1ccccc1F)S(=O)(=O)C1CC1)N1C(=O)[C@H](CC(=O)O)O[C@H](c2cccc(Cl)c2)[C@H]1c1ccc(Cl)cc1. The van der Waals surface area contributed by atoms with E-state index in [9.17, 15) is 23.1 Å². The molecule has 1 N–H and O–H groups in total. The highest BCUT2D eigenvalue weighted by molar-refractivity contribution is 7.93. The zero-order valence-electron chi connectivity index (χ0n) is 23.3. The van der Waals surface area contributed by atoms with E-state index in [0.717, 1.165) is 4.31 Å². The van der Waals surface area contributed by atoms with Gasteiger partial charge in [-0.3, -0.25) is 13.9 Å². The number of nitrogens with zero attached hydrogens (tertiary/aromatic N) is 2. The molecule has 2 fully saturated rings. The first-order valence-electron chi connectivity index (χ1n) is 14.0. The lowest BCUT2D eigenvalue weighted by Gasteiger charge is -2.48. The van der Waals surface area contributed by atoms with E-state index >= 15 is 4.39 Å². The minimum Gasteiger partial charge on any atom is -0.481 e. The van der Waals surface area contributed by atoms with Crippen molar-refractivity contribution in [3.05, 3.63) is 99.8 Å². The molecule has 0 bridgehead atoms. The third-order valence-corrected chi connectivity index (χ3v) is 10.6. The Morgan fingerprint density at radius 1 is 1.05 bits per heavy atom. The van der Waals surface area contributed by atoms with Crippen molar-refractivity contribution in [2.45, 2.75) is 62.1 Å². The van der Waals surface area contributed by atoms with Crippen LogP contribution in [-0.2, 0) is 24.3 Å². The molecule has 0 radical (unpaired) electrons. The molecule has 3 aromatic carbocycles. The monoisotopic (exact) mass is 648 g/mol. The summed E-state index contributed by atoms with van der Waals surface area (Å²) in [5, 5.41) is 9.91. The van der Waals surface area contributed by atoms with E-state index in [1.807, 2.05) is 0 Å². The lowest BCUT2D eigenvalue weighted by atomic mass is 9.89. The summed E-state index contributed by atoms with van der Waals surface area (Å²) in [5.74, 6) is -2.54. The van der Waals surface area contributed by atoms with Crippen LogP contribution in [0.5, 0.6) is 0 Å². The van der Waals surface area contributed by atoms with Gasteiger partial charge in [0.2, 0.25) is 10.0 Å². The Labute approximate surface area is 260 Å². The lowest BCUT2D eigenvalue weighted by molar-refractivity contribution is -0.183. The minimum atomic E-state index is -3.96. The molecule has 12 heteroatoms. The molecular formula is C31H31Cl2FN2O6S. The van der Waals surface area contributed by atoms with E-state index < -0.39 is 63.7 Å². The molecule has 3 aromatic rings. The number of hydrogen-bond donors (Lipinski definition) is 1. The molecule has 0 spiro atoms. The summed E-state index contributed by atoms with van der Waals surface area (Å²) in [6, 6.07) is 17.7. The first kappa shape index (κ1) is 31.3. The Bertz CT molecular complexity index is 1600. The molecule has 1 aliphatic heterocycles. The predicted molar refractivity (Wildman–Crippen MR) is 162 cm³/mol. The minimum absolute atomic E-state index is 0.106. The van der Waals surface area contributed by atoms with Crippen molar-refractivity contribution in [3.63, 3.8) is 0 Å². The van der Waals surface area contributed by atoms with Gasteiger partial charge in [-0.1, -0.05) is 66.5 Å². The number of carbonyl (C=O) groups excluding carboxylic acids is 1. The molecule has 4 atom stereocenters. The number of ether oxygens (including phenoxy) is 1. The smallest absolute Gasteiger partial charge is 0.306 e. The molecule has 1 saturated heterocycles. The molecule has 0 unspecified atom stereocenters. The maximum absolute atomic E-state index is 15.1. The van der Waals surface area contributed by atoms with E-state index in [4.69, 9.17) is 27.9 Å². The van der Waals surface area contributed by atoms with Crippen molar-refractivity contribution in [1.82, 2.24) is 4.90 Å². The van der Waals surface area contributed by atoms with E-state index in [-0.39, 0.29) is 18.7 Å². The summed E-state index contributed by atoms with van der Waals surface area (Å²) in [6.07, 6.45) is -1.62. The van der Waals surface area contributed by atoms with Gasteiger partial charge in [-0.15, -0.1) is 0 Å². The molecule has 1 heterocycles. The summed E-state index contributed by atoms with van der Waals surface area (Å²) in [6.45, 7) is 1.56. The van der Waals surface area contributed by atoms with E-state index in [2.05, 4.69) is 0 Å². The normalized spacial score (nSPS) is 21.4. The molecule has 0 aromatic heterocycles. The molecule has 1 amide bonds. The fraction of sp³-hybridized carbons (Fsp3) is 0.355. The highest BCUT2D eigenvalue weighted by Gasteiger charge is 2.49. The molecule has 1 saturated carbocycles. The lowest BCUT2D eigenvalue weighted by Crippen LogP contribution is -2.58. The van der Waals surface area contributed by atoms with Crippen molar-refractivity contribution in [2.24, 2.45) is 0 Å². The van der Waals surface area contributed by atoms with Crippen LogP contribution in [0.1, 0.15) is 55.9 Å². The second-order valence-electron chi connectivity index (χ2n) is 10.7. The third-order valence-electron chi connectivity index (χ3n) is 7.79. The van der Waals surface area contributed by atoms with Crippen LogP contribution in [0.3, 0.4) is 0 Å². The fourth-order valence-corrected chi connectivity index (χ4v) is 7.76. The van der Waals surface area contributed by atoms with E-state index in [1.54, 1.807) is 61.5 Å². The second-order valence-corrected chi connectivity index (χ2v) is 13.7. The van der Waals surface area contributed by atoms with Gasteiger partial charge >= 0.3 is 5.97 Å². The van der Waals surface area contributed by atoms with Crippen LogP contribution in [0.2, 0.25) is 10.0 Å². The Morgan fingerprint density at radius 3 is 2.35 bits per heavy atom. The van der Waals surface area contributed by atoms with Crippen LogP contribution in [0.15, 0.2) is 72.8 Å². The van der Waals surface area contributed by atoms with Crippen molar-refractivity contribution in [3.8, 4) is 0 Å². The molecule has 228 valence electrons. The molecule has 2 aliphatic rings. The standard InChI is InChI=1S/C31H31Cl2FN2O6S/c1-2-23(18-35(43(40,41)24-14-15-24)26-9-4-3-8-25(26)34)36-29(19-10-12-21(32)13-11-19)30(20-6-5-7-22(33)16-20)42-27(31(36)39)17-28(37)38/h3-13,16,23-24,27,29-30H,2,14-15,17-18H2,1H3,(H,37,38)/t23-,27+,29-,30-/m1/s1. The number of benzene rings is 3. The molecule has 8 nitrogen and oxygen atoms in total. The number of carboxylic acids is 1. The zero-order chi connectivity index (χ0) is 30.9. The van der Waals surface area contributed by atoms with Gasteiger partial charge < -0.3 is 14.7 Å². The summed E-state index contributed by atoms with van der Waals surface area (Å²) >= 11 is 12.5. The van der Waals surface area contributed by atoms with Gasteiger partial charge in [0.25, 0.3) is 5.91 Å². The number of sulfonamides is 1. The number of anilines is 1. The van der Waals surface area contributed by atoms with Gasteiger partial charge in [0.1, 0.15) is 18.0 Å². The molecule has 1 aliphatic carbocycles. The average molecular weight is 650 g/mol. The number of rotatable bonds is 11. The first-order chi connectivity index (χ1) is 20.5. The van der Waals surface area contributed by atoms with Gasteiger partial charge in [-0.25, -0.2) is 12.8 Å². The van der Waals surface area contributed by atoms with Crippen LogP contribution in [0.25, 0.3) is 0 Å². The van der Waals surface area contributed by atoms with Crippen LogP contribution >= 0.6 is 23.2 Å². The Morgan fingerprint density at radius 2 is 1.74 bits per heavy atom. The number of amides is 1. The Hall–Kier alpha value is -3.18. The summed E-state index contributed by atoms with van der Waals surface area (Å²) < 4.78 is 49.9. The third kappa shape index (κ3) is 6.67. The number of carbonyl (C=O) groups is 2. The van der Waals surface area contributed by atoms with Crippen LogP contribution in [0.4, 0.5) is 10.1 Å². The van der Waals surface area contributed by atoms with Gasteiger partial charge in [0, 0.05) is 10.0 Å². The Balaban J connectivity index is 1.66. The maximum atomic E-state index is 15.1. The van der Waals surface area contributed by atoms with Crippen LogP contribution in [-0.4, -0.2) is 54.2 Å². The zero-order valence-corrected chi connectivity index (χ0v) is 25.6. The molecule has 43 heavy (non-hydrogen) atoms. The van der Waals surface area contributed by atoms with E-state index in [0.29, 0.717) is 34.0 Å². The number of morpholine rings is 1. The average Bonchev–Trinajstić information content (AvgIpc) is 3.82. The summed E-state index contributed by atoms with van der Waals surface area (Å²) in [7, 11) is -3.96. The molecular weight excluding hydrogens is 618 g/mol. The van der Waals surface area contributed by atoms with Gasteiger partial charge in [-0.05, 0) is 66.8 Å². The number of carboxylic acid groups (broad SMARTS) is 1. The second kappa shape index (κ2) is 12.8. The quantitative estimate of drug-likeness (QED) is 0.258. The van der Waals surface area contributed by atoms with Crippen LogP contribution < -0.4 is 4.31 Å². The fourth-order valence-electron chi connectivity index (χ4n) is 5.54. The summed E-state index contributed by atoms with van der Waals surface area (Å²) in [5.41, 5.74) is 1.13. The Kier molecular flexibility index (Phi) is 9.31. The number of para-hydroxylation sites is 1. The highest BCUT2D eigenvalue weighted by atomic mass is 35.5. The topological polar surface area (TPSA) is 104 Å². The molecule has 5 rings (SSSR count). The number of halogens is 3. The largest absolute Gasteiger partial charge is 0.481 e. The first-order valence-corrected chi connectivity index (χ1v) is 16.2. The highest BCUT2D eigenvalue weighted by Crippen LogP contribution is 2.45. The maximum Gasteiger partial charge on any atom is 0.306 e. The van der Waals surface area contributed by atoms with Crippen molar-refractivity contribution in [1.29, 1.82) is 0 Å². The van der Waals surface area contributed by atoms with Gasteiger partial charge in [0.05, 0.1) is 36.0 Å². The number of hydrogen-bond acceptors (Lipinski definition) is 5. The van der Waals surface area contributed by atoms with Crippen molar-refractivity contribution in [2.75, 3.05) is 10.8 Å².